The monoisotopic (exact) mass is 306 g/mol. The molecule has 1 rings (SSSR count). The van der Waals surface area contributed by atoms with Crippen molar-refractivity contribution in [2.24, 2.45) is 0 Å². The zero-order valence-corrected chi connectivity index (χ0v) is 9.93. The largest absolute Gasteiger partial charge is 0.311 e. The molecule has 0 aliphatic rings. The summed E-state index contributed by atoms with van der Waals surface area (Å²) < 4.78 is 46.6. The van der Waals surface area contributed by atoms with Gasteiger partial charge in [0.25, 0.3) is 15.5 Å². The molecule has 0 unspecified atom stereocenters. The summed E-state index contributed by atoms with van der Waals surface area (Å²) in [6.45, 7) is 0. The molecule has 0 saturated carbocycles. The molecule has 0 saturated heterocycles. The molecule has 0 amide bonds. The third-order valence-corrected chi connectivity index (χ3v) is 3.33. The van der Waals surface area contributed by atoms with Crippen LogP contribution in [0.5, 0.6) is 0 Å². The average Bonchev–Trinajstić information content (AvgIpc) is 2.14. The molecule has 6 nitrogen and oxygen atoms in total. The van der Waals surface area contributed by atoms with Gasteiger partial charge in [-0.1, -0.05) is 11.6 Å². The first-order chi connectivity index (χ1) is 7.66. The first-order valence-corrected chi connectivity index (χ1v) is 6.40. The van der Waals surface area contributed by atoms with Crippen molar-refractivity contribution in [3.05, 3.63) is 27.0 Å². The smallest absolute Gasteiger partial charge is 0.258 e. The highest BCUT2D eigenvalue weighted by Crippen LogP contribution is 2.37. The van der Waals surface area contributed by atoms with Gasteiger partial charge in [-0.3, -0.25) is 15.1 Å². The van der Waals surface area contributed by atoms with Crippen LogP contribution in [0.25, 0.3) is 0 Å². The van der Waals surface area contributed by atoms with E-state index in [9.17, 15) is 27.3 Å². The number of nitro groups is 1. The van der Waals surface area contributed by atoms with Crippen molar-refractivity contribution < 1.29 is 22.1 Å². The maximum absolute atomic E-state index is 12.3. The van der Waals surface area contributed by atoms with Crippen LogP contribution < -0.4 is 0 Å². The predicted octanol–water partition coefficient (Wildman–Crippen LogP) is 2.51. The molecule has 17 heavy (non-hydrogen) atoms. The lowest BCUT2D eigenvalue weighted by atomic mass is 10.3. The fraction of sp³-hybridized carbons (Fsp3) is 0.167. The van der Waals surface area contributed by atoms with Gasteiger partial charge in [0.15, 0.2) is 4.90 Å². The summed E-state index contributed by atoms with van der Waals surface area (Å²) in [5.74, 6) is 0. The fourth-order valence-electron chi connectivity index (χ4n) is 0.976. The molecule has 0 spiro atoms. The van der Waals surface area contributed by atoms with Crippen LogP contribution in [0.3, 0.4) is 0 Å². The van der Waals surface area contributed by atoms with Crippen molar-refractivity contribution in [2.45, 2.75) is 11.3 Å². The number of hydrogen-bond acceptors (Lipinski definition) is 5. The van der Waals surface area contributed by atoms with Crippen molar-refractivity contribution in [1.29, 1.82) is 0 Å². The van der Waals surface area contributed by atoms with Crippen LogP contribution in [0.1, 0.15) is 12.1 Å². The molecule has 0 radical (unpaired) electrons. The summed E-state index contributed by atoms with van der Waals surface area (Å²) in [7, 11) is 0.389. The molecule has 0 aliphatic heterocycles. The van der Waals surface area contributed by atoms with E-state index in [4.69, 9.17) is 22.3 Å². The number of aromatic nitrogens is 1. The Bertz CT molecular complexity index is 578. The molecule has 1 aromatic heterocycles. The Kier molecular flexibility index (Phi) is 3.84. The Labute approximate surface area is 103 Å². The van der Waals surface area contributed by atoms with E-state index in [1.807, 2.05) is 0 Å². The SMILES string of the molecule is O=[N+]([O-])c1c(S(=O)(=O)Cl)cnc(C(F)F)c1Cl. The molecule has 1 heterocycles. The van der Waals surface area contributed by atoms with Crippen molar-refractivity contribution in [1.82, 2.24) is 4.98 Å². The van der Waals surface area contributed by atoms with Gasteiger partial charge in [0.1, 0.15) is 10.7 Å². The molecule has 94 valence electrons. The van der Waals surface area contributed by atoms with Crippen LogP contribution >= 0.6 is 22.3 Å². The maximum Gasteiger partial charge on any atom is 0.311 e. The van der Waals surface area contributed by atoms with E-state index in [1.165, 1.54) is 0 Å². The molecule has 1 aromatic rings. The van der Waals surface area contributed by atoms with Crippen LogP contribution in [-0.4, -0.2) is 18.3 Å². The Hall–Kier alpha value is -1.06. The Morgan fingerprint density at radius 1 is 1.47 bits per heavy atom. The highest BCUT2D eigenvalue weighted by Gasteiger charge is 2.32. The van der Waals surface area contributed by atoms with Crippen LogP contribution in [0.15, 0.2) is 11.1 Å². The van der Waals surface area contributed by atoms with Gasteiger partial charge in [-0.05, 0) is 0 Å². The van der Waals surface area contributed by atoms with Gasteiger partial charge in [-0.2, -0.15) is 0 Å². The zero-order chi connectivity index (χ0) is 13.4. The van der Waals surface area contributed by atoms with Gasteiger partial charge in [0.05, 0.1) is 11.1 Å². The number of pyridine rings is 1. The number of halogens is 4. The fourth-order valence-corrected chi connectivity index (χ4v) is 2.26. The molecule has 0 N–H and O–H groups in total. The topological polar surface area (TPSA) is 90.2 Å². The van der Waals surface area contributed by atoms with E-state index < -0.39 is 41.7 Å². The number of hydrogen-bond donors (Lipinski definition) is 0. The first-order valence-electron chi connectivity index (χ1n) is 3.72. The summed E-state index contributed by atoms with van der Waals surface area (Å²) in [5.41, 5.74) is -2.30. The molecular weight excluding hydrogens is 305 g/mol. The van der Waals surface area contributed by atoms with Crippen LogP contribution in [0.4, 0.5) is 14.5 Å². The third kappa shape index (κ3) is 2.79. The summed E-state index contributed by atoms with van der Waals surface area (Å²) >= 11 is 5.30. The second kappa shape index (κ2) is 4.67. The van der Waals surface area contributed by atoms with Gasteiger partial charge < -0.3 is 0 Å². The normalized spacial score (nSPS) is 11.8. The standard InChI is InChI=1S/C6H2Cl2F2N2O4S/c7-3-4(6(9)10)11-1-2(17(8,15)16)5(3)12(13)14/h1,6H. The van der Waals surface area contributed by atoms with E-state index in [2.05, 4.69) is 4.98 Å². The molecule has 0 aromatic carbocycles. The molecule has 0 fully saturated rings. The van der Waals surface area contributed by atoms with E-state index in [-0.39, 0.29) is 0 Å². The van der Waals surface area contributed by atoms with Crippen molar-refractivity contribution in [3.8, 4) is 0 Å². The lowest BCUT2D eigenvalue weighted by Crippen LogP contribution is -2.04. The average molecular weight is 307 g/mol. The summed E-state index contributed by atoms with van der Waals surface area (Å²) in [5, 5.41) is 9.54. The quantitative estimate of drug-likeness (QED) is 0.486. The summed E-state index contributed by atoms with van der Waals surface area (Å²) in [6.07, 6.45) is -2.80. The van der Waals surface area contributed by atoms with Crippen molar-refractivity contribution >= 4 is 37.0 Å². The third-order valence-electron chi connectivity index (χ3n) is 1.64. The minimum Gasteiger partial charge on any atom is -0.258 e. The van der Waals surface area contributed by atoms with Gasteiger partial charge in [-0.15, -0.1) is 0 Å². The first kappa shape index (κ1) is 14.0. The Morgan fingerprint density at radius 2 is 2.00 bits per heavy atom. The van der Waals surface area contributed by atoms with Gasteiger partial charge in [0.2, 0.25) is 0 Å². The summed E-state index contributed by atoms with van der Waals surface area (Å²) in [4.78, 5) is 11.4. The van der Waals surface area contributed by atoms with Crippen molar-refractivity contribution in [3.63, 3.8) is 0 Å². The van der Waals surface area contributed by atoms with Crippen LogP contribution in [0.2, 0.25) is 5.02 Å². The van der Waals surface area contributed by atoms with Crippen LogP contribution in [0, 0.1) is 10.1 Å². The Balaban J connectivity index is 3.69. The van der Waals surface area contributed by atoms with E-state index in [1.54, 1.807) is 0 Å². The number of nitrogens with zero attached hydrogens (tertiary/aromatic N) is 2. The van der Waals surface area contributed by atoms with E-state index in [0.29, 0.717) is 6.20 Å². The predicted molar refractivity (Wildman–Crippen MR) is 53.9 cm³/mol. The van der Waals surface area contributed by atoms with Gasteiger partial charge in [-0.25, -0.2) is 17.2 Å². The second-order valence-corrected chi connectivity index (χ2v) is 5.58. The highest BCUT2D eigenvalue weighted by molar-refractivity contribution is 8.13. The number of alkyl halides is 2. The van der Waals surface area contributed by atoms with E-state index >= 15 is 0 Å². The maximum atomic E-state index is 12.3. The zero-order valence-electron chi connectivity index (χ0n) is 7.60. The lowest BCUT2D eigenvalue weighted by Gasteiger charge is -2.05. The minimum absolute atomic E-state index is 0.369. The molecule has 0 bridgehead atoms. The lowest BCUT2D eigenvalue weighted by molar-refractivity contribution is -0.387. The Morgan fingerprint density at radius 3 is 2.35 bits per heavy atom. The van der Waals surface area contributed by atoms with Gasteiger partial charge in [0, 0.05) is 10.7 Å². The molecule has 11 heteroatoms. The minimum atomic E-state index is -4.50. The summed E-state index contributed by atoms with van der Waals surface area (Å²) in [6, 6.07) is 0. The van der Waals surface area contributed by atoms with Gasteiger partial charge >= 0.3 is 5.69 Å². The molecule has 0 atom stereocenters. The van der Waals surface area contributed by atoms with E-state index in [0.717, 1.165) is 0 Å². The van der Waals surface area contributed by atoms with Crippen molar-refractivity contribution in [2.75, 3.05) is 0 Å². The second-order valence-electron chi connectivity index (χ2n) is 2.67. The highest BCUT2D eigenvalue weighted by atomic mass is 35.7. The van der Waals surface area contributed by atoms with Crippen LogP contribution in [-0.2, 0) is 9.05 Å². The molecule has 0 aliphatic carbocycles. The number of rotatable bonds is 3. The molecular formula is C6H2Cl2F2N2O4S.